The summed E-state index contributed by atoms with van der Waals surface area (Å²) in [4.78, 5) is 9.40. The van der Waals surface area contributed by atoms with Crippen LogP contribution in [0.3, 0.4) is 0 Å². The van der Waals surface area contributed by atoms with Gasteiger partial charge >= 0.3 is 0 Å². The van der Waals surface area contributed by atoms with Gasteiger partial charge in [0.1, 0.15) is 0 Å². The average molecular weight is 364 g/mol. The second-order valence-electron chi connectivity index (χ2n) is 6.44. The van der Waals surface area contributed by atoms with Gasteiger partial charge in [0.25, 0.3) is 0 Å². The number of nitrogens with one attached hydrogen (secondary N) is 1. The number of allylic oxidation sites excluding steroid dienone is 1. The lowest BCUT2D eigenvalue weighted by atomic mass is 10.1. The van der Waals surface area contributed by atoms with E-state index in [1.165, 1.54) is 5.56 Å². The normalized spacial score (nSPS) is 11.5. The standard InChI is InChI=1S/C24H20N4/c1-18-13-15-20(16-14-18)23-26-22-12-6-5-11-21(22)24(27-23)28-25-17-7-10-19-8-3-2-4-9-19/h2-17H,1H3,(H,26,27,28)/b10-7+,25-17+. The third-order valence-corrected chi connectivity index (χ3v) is 4.33. The summed E-state index contributed by atoms with van der Waals surface area (Å²) in [6, 6.07) is 26.2. The Kier molecular flexibility index (Phi) is 5.20. The molecule has 0 fully saturated rings. The highest BCUT2D eigenvalue weighted by atomic mass is 15.3. The lowest BCUT2D eigenvalue weighted by Gasteiger charge is -2.08. The van der Waals surface area contributed by atoms with Crippen LogP contribution in [0.15, 0.2) is 90.0 Å². The van der Waals surface area contributed by atoms with Crippen molar-refractivity contribution in [2.45, 2.75) is 6.92 Å². The van der Waals surface area contributed by atoms with Crippen LogP contribution in [-0.2, 0) is 0 Å². The Hall–Kier alpha value is -3.79. The Bertz CT molecular complexity index is 1130. The average Bonchev–Trinajstić information content (AvgIpc) is 2.74. The molecule has 0 saturated heterocycles. The van der Waals surface area contributed by atoms with Crippen molar-refractivity contribution in [1.29, 1.82) is 0 Å². The van der Waals surface area contributed by atoms with Crippen LogP contribution in [0.25, 0.3) is 28.4 Å². The molecule has 0 spiro atoms. The van der Waals surface area contributed by atoms with Gasteiger partial charge in [-0.15, -0.1) is 0 Å². The quantitative estimate of drug-likeness (QED) is 0.364. The number of fused-ring (bicyclic) bond motifs is 1. The molecule has 0 atom stereocenters. The molecule has 0 aliphatic heterocycles. The first-order chi connectivity index (χ1) is 13.8. The van der Waals surface area contributed by atoms with E-state index in [1.807, 2.05) is 78.9 Å². The Morgan fingerprint density at radius 3 is 2.39 bits per heavy atom. The van der Waals surface area contributed by atoms with E-state index in [4.69, 9.17) is 9.97 Å². The molecule has 4 rings (SSSR count). The van der Waals surface area contributed by atoms with Crippen LogP contribution in [0.2, 0.25) is 0 Å². The van der Waals surface area contributed by atoms with E-state index in [9.17, 15) is 0 Å². The molecule has 1 aromatic heterocycles. The predicted octanol–water partition coefficient (Wildman–Crippen LogP) is 5.72. The van der Waals surface area contributed by atoms with Crippen molar-refractivity contribution in [3.05, 3.63) is 96.1 Å². The summed E-state index contributed by atoms with van der Waals surface area (Å²) < 4.78 is 0. The molecule has 4 aromatic rings. The number of aromatic nitrogens is 2. The minimum Gasteiger partial charge on any atom is -0.261 e. The number of para-hydroxylation sites is 1. The van der Waals surface area contributed by atoms with E-state index < -0.39 is 0 Å². The molecule has 0 bridgehead atoms. The number of hydrazone groups is 1. The molecular formula is C24H20N4. The van der Waals surface area contributed by atoms with Gasteiger partial charge in [-0.2, -0.15) is 5.10 Å². The molecular weight excluding hydrogens is 344 g/mol. The Morgan fingerprint density at radius 1 is 0.821 bits per heavy atom. The summed E-state index contributed by atoms with van der Waals surface area (Å²) >= 11 is 0. The first kappa shape index (κ1) is 17.6. The van der Waals surface area contributed by atoms with Crippen molar-refractivity contribution in [3.8, 4) is 11.4 Å². The fourth-order valence-electron chi connectivity index (χ4n) is 2.85. The maximum absolute atomic E-state index is 4.70. The Morgan fingerprint density at radius 2 is 1.57 bits per heavy atom. The van der Waals surface area contributed by atoms with Crippen molar-refractivity contribution in [2.75, 3.05) is 5.43 Å². The molecule has 0 radical (unpaired) electrons. The highest BCUT2D eigenvalue weighted by molar-refractivity contribution is 5.91. The van der Waals surface area contributed by atoms with Crippen molar-refractivity contribution in [3.63, 3.8) is 0 Å². The topological polar surface area (TPSA) is 50.2 Å². The summed E-state index contributed by atoms with van der Waals surface area (Å²) in [7, 11) is 0. The molecule has 0 amide bonds. The number of nitrogens with zero attached hydrogens (tertiary/aromatic N) is 3. The first-order valence-electron chi connectivity index (χ1n) is 9.14. The summed E-state index contributed by atoms with van der Waals surface area (Å²) in [6.45, 7) is 2.07. The van der Waals surface area contributed by atoms with Crippen LogP contribution in [0.1, 0.15) is 11.1 Å². The number of rotatable bonds is 5. The number of anilines is 1. The fraction of sp³-hybridized carbons (Fsp3) is 0.0417. The van der Waals surface area contributed by atoms with Crippen LogP contribution < -0.4 is 5.43 Å². The minimum absolute atomic E-state index is 0.677. The number of aryl methyl sites for hydroxylation is 1. The SMILES string of the molecule is Cc1ccc(-c2nc(N/N=C/C=C/c3ccccc3)c3ccccc3n2)cc1. The molecule has 0 saturated carbocycles. The Balaban J connectivity index is 1.61. The summed E-state index contributed by atoms with van der Waals surface area (Å²) in [6.07, 6.45) is 5.61. The van der Waals surface area contributed by atoms with Crippen LogP contribution in [0, 0.1) is 6.92 Å². The zero-order valence-electron chi connectivity index (χ0n) is 15.6. The minimum atomic E-state index is 0.677. The Labute approximate surface area is 164 Å². The summed E-state index contributed by atoms with van der Waals surface area (Å²) in [5.41, 5.74) is 7.26. The van der Waals surface area contributed by atoms with Gasteiger partial charge in [0.2, 0.25) is 0 Å². The fourth-order valence-corrected chi connectivity index (χ4v) is 2.85. The van der Waals surface area contributed by atoms with Crippen LogP contribution in [0.5, 0.6) is 0 Å². The number of benzene rings is 3. The zero-order chi connectivity index (χ0) is 19.2. The zero-order valence-corrected chi connectivity index (χ0v) is 15.6. The molecule has 28 heavy (non-hydrogen) atoms. The summed E-state index contributed by atoms with van der Waals surface area (Å²) in [5.74, 6) is 1.36. The molecule has 0 aliphatic rings. The van der Waals surface area contributed by atoms with E-state index in [0.717, 1.165) is 22.0 Å². The smallest absolute Gasteiger partial charge is 0.162 e. The molecule has 1 N–H and O–H groups in total. The highest BCUT2D eigenvalue weighted by Crippen LogP contribution is 2.25. The highest BCUT2D eigenvalue weighted by Gasteiger charge is 2.08. The van der Waals surface area contributed by atoms with Crippen molar-refractivity contribution in [1.82, 2.24) is 9.97 Å². The largest absolute Gasteiger partial charge is 0.261 e. The van der Waals surface area contributed by atoms with Gasteiger partial charge in [-0.1, -0.05) is 78.4 Å². The predicted molar refractivity (Wildman–Crippen MR) is 117 cm³/mol. The van der Waals surface area contributed by atoms with Gasteiger partial charge in [-0.25, -0.2) is 9.97 Å². The maximum atomic E-state index is 4.70. The van der Waals surface area contributed by atoms with Gasteiger partial charge in [0.05, 0.1) is 5.52 Å². The summed E-state index contributed by atoms with van der Waals surface area (Å²) in [5, 5.41) is 5.24. The van der Waals surface area contributed by atoms with Gasteiger partial charge in [0.15, 0.2) is 11.6 Å². The number of hydrogen-bond donors (Lipinski definition) is 1. The second kappa shape index (κ2) is 8.27. The van der Waals surface area contributed by atoms with Gasteiger partial charge in [-0.3, -0.25) is 5.43 Å². The van der Waals surface area contributed by atoms with Gasteiger partial charge < -0.3 is 0 Å². The van der Waals surface area contributed by atoms with Gasteiger partial charge in [0, 0.05) is 17.2 Å². The van der Waals surface area contributed by atoms with Gasteiger partial charge in [-0.05, 0) is 30.7 Å². The monoisotopic (exact) mass is 364 g/mol. The molecule has 3 aromatic carbocycles. The van der Waals surface area contributed by atoms with E-state index >= 15 is 0 Å². The van der Waals surface area contributed by atoms with Crippen LogP contribution in [-0.4, -0.2) is 16.2 Å². The lowest BCUT2D eigenvalue weighted by Crippen LogP contribution is -1.98. The van der Waals surface area contributed by atoms with Crippen LogP contribution in [0.4, 0.5) is 5.82 Å². The van der Waals surface area contributed by atoms with Crippen LogP contribution >= 0.6 is 0 Å². The maximum Gasteiger partial charge on any atom is 0.162 e. The van der Waals surface area contributed by atoms with Crippen molar-refractivity contribution >= 4 is 29.0 Å². The molecule has 0 aliphatic carbocycles. The molecule has 4 nitrogen and oxygen atoms in total. The molecule has 0 unspecified atom stereocenters. The third-order valence-electron chi connectivity index (χ3n) is 4.33. The van der Waals surface area contributed by atoms with E-state index in [0.29, 0.717) is 11.6 Å². The lowest BCUT2D eigenvalue weighted by molar-refractivity contribution is 1.19. The molecule has 4 heteroatoms. The van der Waals surface area contributed by atoms with E-state index in [-0.39, 0.29) is 0 Å². The molecule has 136 valence electrons. The van der Waals surface area contributed by atoms with E-state index in [2.05, 4.69) is 29.6 Å². The van der Waals surface area contributed by atoms with E-state index in [1.54, 1.807) is 6.21 Å². The first-order valence-corrected chi connectivity index (χ1v) is 9.14. The second-order valence-corrected chi connectivity index (χ2v) is 6.44. The third kappa shape index (κ3) is 4.13. The van der Waals surface area contributed by atoms with Crippen molar-refractivity contribution < 1.29 is 0 Å². The molecule has 1 heterocycles. The number of hydrogen-bond acceptors (Lipinski definition) is 4. The van der Waals surface area contributed by atoms with Crippen molar-refractivity contribution in [2.24, 2.45) is 5.10 Å².